The molecule has 0 aliphatic rings. The number of aromatic nitrogens is 4. The third-order valence-electron chi connectivity index (χ3n) is 3.82. The summed E-state index contributed by atoms with van der Waals surface area (Å²) in [5.41, 5.74) is -0.457. The van der Waals surface area contributed by atoms with E-state index >= 15 is 0 Å². The minimum absolute atomic E-state index is 0.301. The molecule has 0 saturated heterocycles. The molecule has 0 bridgehead atoms. The van der Waals surface area contributed by atoms with Gasteiger partial charge in [-0.05, 0) is 23.8 Å². The van der Waals surface area contributed by atoms with E-state index in [1.165, 1.54) is 17.1 Å². The first kappa shape index (κ1) is 21.1. The van der Waals surface area contributed by atoms with Crippen molar-refractivity contribution in [2.24, 2.45) is 0 Å². The van der Waals surface area contributed by atoms with E-state index in [-0.39, 0.29) is 0 Å². The van der Waals surface area contributed by atoms with Gasteiger partial charge in [0.15, 0.2) is 0 Å². The summed E-state index contributed by atoms with van der Waals surface area (Å²) in [7, 11) is 0. The minimum Gasteiger partial charge on any atom is -0.322 e. The number of halogens is 6. The highest BCUT2D eigenvalue weighted by atomic mass is 35.5. The Labute approximate surface area is 172 Å². The molecular weight excluding hydrogens is 437 g/mol. The van der Waals surface area contributed by atoms with Crippen LogP contribution in [0.5, 0.6) is 0 Å². The summed E-state index contributed by atoms with van der Waals surface area (Å²) in [4.78, 5) is 12.1. The summed E-state index contributed by atoms with van der Waals surface area (Å²) in [6, 6.07) is 5.66. The second-order valence-corrected chi connectivity index (χ2v) is 6.79. The van der Waals surface area contributed by atoms with Gasteiger partial charge in [-0.15, -0.1) is 0 Å². The number of carbonyl (C=O) groups excluding carboxylic acids is 1. The highest BCUT2D eigenvalue weighted by Gasteiger charge is 2.22. The summed E-state index contributed by atoms with van der Waals surface area (Å²) in [5.74, 6) is -0.718. The summed E-state index contributed by atoms with van der Waals surface area (Å²) >= 11 is 11.8. The molecule has 3 rings (SSSR count). The first-order valence-electron chi connectivity index (χ1n) is 8.13. The van der Waals surface area contributed by atoms with Crippen LogP contribution in [0.2, 0.25) is 10.0 Å². The van der Waals surface area contributed by atoms with Crippen LogP contribution in [-0.2, 0) is 17.9 Å². The van der Waals surface area contributed by atoms with Crippen LogP contribution in [0, 0.1) is 0 Å². The van der Waals surface area contributed by atoms with E-state index < -0.39 is 36.7 Å². The Hall–Kier alpha value is -2.59. The molecule has 0 atom stereocenters. The molecule has 2 aromatic heterocycles. The monoisotopic (exact) mass is 449 g/mol. The first-order valence-corrected chi connectivity index (χ1v) is 8.88. The molecule has 0 saturated carbocycles. The molecule has 0 radical (unpaired) electrons. The van der Waals surface area contributed by atoms with Gasteiger partial charge < -0.3 is 5.32 Å². The first-order chi connectivity index (χ1) is 13.7. The lowest BCUT2D eigenvalue weighted by atomic mass is 10.2. The van der Waals surface area contributed by atoms with Crippen molar-refractivity contribution < 1.29 is 22.4 Å². The molecule has 12 heteroatoms. The molecule has 1 N–H and O–H groups in total. The van der Waals surface area contributed by atoms with E-state index in [4.69, 9.17) is 23.2 Å². The summed E-state index contributed by atoms with van der Waals surface area (Å²) in [6.07, 6.45) is -3.19. The smallest absolute Gasteiger partial charge is 0.282 e. The zero-order valence-electron chi connectivity index (χ0n) is 14.5. The van der Waals surface area contributed by atoms with Crippen molar-refractivity contribution in [3.05, 3.63) is 63.7 Å². The van der Waals surface area contributed by atoms with Crippen molar-refractivity contribution in [1.82, 2.24) is 19.6 Å². The lowest BCUT2D eigenvalue weighted by molar-refractivity contribution is -0.117. The van der Waals surface area contributed by atoms with E-state index in [1.54, 1.807) is 18.2 Å². The summed E-state index contributed by atoms with van der Waals surface area (Å²) in [6.45, 7) is -0.302. The highest BCUT2D eigenvalue weighted by Crippen LogP contribution is 2.25. The van der Waals surface area contributed by atoms with Gasteiger partial charge in [-0.2, -0.15) is 10.2 Å². The molecule has 1 amide bonds. The predicted molar refractivity (Wildman–Crippen MR) is 98.6 cm³/mol. The summed E-state index contributed by atoms with van der Waals surface area (Å²) in [5, 5.41) is 10.7. The molecule has 0 aliphatic carbocycles. The number of amides is 1. The second kappa shape index (κ2) is 8.83. The largest absolute Gasteiger partial charge is 0.322 e. The third-order valence-corrected chi connectivity index (χ3v) is 4.56. The number of hydrogen-bond donors (Lipinski definition) is 1. The maximum atomic E-state index is 13.0. The Bertz CT molecular complexity index is 1020. The van der Waals surface area contributed by atoms with Crippen LogP contribution in [0.4, 0.5) is 23.2 Å². The molecule has 0 fully saturated rings. The lowest BCUT2D eigenvalue weighted by Gasteiger charge is -2.07. The minimum atomic E-state index is -3.04. The van der Waals surface area contributed by atoms with Crippen LogP contribution >= 0.6 is 23.2 Å². The fourth-order valence-corrected chi connectivity index (χ4v) is 2.86. The number of rotatable bonds is 7. The number of nitrogens with zero attached hydrogens (tertiary/aromatic N) is 4. The van der Waals surface area contributed by atoms with Crippen molar-refractivity contribution in [3.8, 4) is 0 Å². The Kier molecular flexibility index (Phi) is 6.43. The Balaban J connectivity index is 1.65. The van der Waals surface area contributed by atoms with Crippen LogP contribution < -0.4 is 5.32 Å². The van der Waals surface area contributed by atoms with Gasteiger partial charge in [0, 0.05) is 6.20 Å². The fourth-order valence-electron chi connectivity index (χ4n) is 2.54. The molecule has 6 nitrogen and oxygen atoms in total. The van der Waals surface area contributed by atoms with Crippen LogP contribution in [0.1, 0.15) is 29.8 Å². The number of benzene rings is 1. The molecule has 1 aromatic carbocycles. The Morgan fingerprint density at radius 3 is 2.52 bits per heavy atom. The van der Waals surface area contributed by atoms with Crippen molar-refractivity contribution in [1.29, 1.82) is 0 Å². The molecule has 2 heterocycles. The molecule has 0 unspecified atom stereocenters. The molecule has 0 aliphatic heterocycles. The zero-order chi connectivity index (χ0) is 21.1. The maximum absolute atomic E-state index is 13.0. The van der Waals surface area contributed by atoms with Gasteiger partial charge in [0.05, 0.1) is 28.5 Å². The van der Waals surface area contributed by atoms with Gasteiger partial charge in [0.25, 0.3) is 12.9 Å². The molecule has 154 valence electrons. The highest BCUT2D eigenvalue weighted by molar-refractivity contribution is 6.42. The quantitative estimate of drug-likeness (QED) is 0.519. The normalized spacial score (nSPS) is 11.4. The van der Waals surface area contributed by atoms with E-state index in [9.17, 15) is 22.4 Å². The van der Waals surface area contributed by atoms with Gasteiger partial charge in [0.2, 0.25) is 5.91 Å². The number of carbonyl (C=O) groups is 1. The average Bonchev–Trinajstić information content (AvgIpc) is 3.25. The van der Waals surface area contributed by atoms with E-state index in [2.05, 4.69) is 15.5 Å². The topological polar surface area (TPSA) is 64.7 Å². The number of hydrogen-bond acceptors (Lipinski definition) is 3. The molecule has 29 heavy (non-hydrogen) atoms. The standard InChI is InChI=1S/C17H13Cl2F4N5O/c18-11-2-1-9(3-12(11)19)6-27-7-10(5-24-27)25-15(29)8-28-14(17(22)23)4-13(26-28)16(20)21/h1-5,7,16-17H,6,8H2,(H,25,29). The van der Waals surface area contributed by atoms with Crippen LogP contribution in [0.3, 0.4) is 0 Å². The average molecular weight is 450 g/mol. The molecular formula is C17H13Cl2F4N5O. The van der Waals surface area contributed by atoms with Crippen molar-refractivity contribution in [2.75, 3.05) is 5.32 Å². The van der Waals surface area contributed by atoms with Gasteiger partial charge in [-0.1, -0.05) is 29.3 Å². The van der Waals surface area contributed by atoms with Crippen LogP contribution in [-0.4, -0.2) is 25.5 Å². The fraction of sp³-hybridized carbons (Fsp3) is 0.235. The SMILES string of the molecule is O=C(Cn1nc(C(F)F)cc1C(F)F)Nc1cnn(Cc2ccc(Cl)c(Cl)c2)c1. The van der Waals surface area contributed by atoms with E-state index in [0.717, 1.165) is 5.56 Å². The van der Waals surface area contributed by atoms with Gasteiger partial charge in [-0.3, -0.25) is 14.2 Å². The van der Waals surface area contributed by atoms with E-state index in [1.807, 2.05) is 0 Å². The second-order valence-electron chi connectivity index (χ2n) is 5.98. The number of anilines is 1. The van der Waals surface area contributed by atoms with E-state index in [0.29, 0.717) is 33.0 Å². The summed E-state index contributed by atoms with van der Waals surface area (Å²) < 4.78 is 53.4. The maximum Gasteiger partial charge on any atom is 0.282 e. The van der Waals surface area contributed by atoms with Crippen molar-refractivity contribution in [2.45, 2.75) is 25.9 Å². The van der Waals surface area contributed by atoms with Gasteiger partial charge in [-0.25, -0.2) is 17.6 Å². The van der Waals surface area contributed by atoms with Gasteiger partial charge >= 0.3 is 0 Å². The lowest BCUT2D eigenvalue weighted by Crippen LogP contribution is -2.21. The molecule has 3 aromatic rings. The predicted octanol–water partition coefficient (Wildman–Crippen LogP) is 4.95. The van der Waals surface area contributed by atoms with Gasteiger partial charge in [0.1, 0.15) is 17.9 Å². The van der Waals surface area contributed by atoms with Crippen molar-refractivity contribution in [3.63, 3.8) is 0 Å². The molecule has 0 spiro atoms. The Morgan fingerprint density at radius 1 is 1.10 bits per heavy atom. The zero-order valence-corrected chi connectivity index (χ0v) is 16.0. The van der Waals surface area contributed by atoms with Crippen molar-refractivity contribution >= 4 is 34.8 Å². The third kappa shape index (κ3) is 5.27. The number of alkyl halides is 4. The number of nitrogens with one attached hydrogen (secondary N) is 1. The van der Waals surface area contributed by atoms with Crippen LogP contribution in [0.15, 0.2) is 36.7 Å². The Morgan fingerprint density at radius 2 is 1.86 bits per heavy atom. The van der Waals surface area contributed by atoms with Crippen LogP contribution in [0.25, 0.3) is 0 Å².